The molecule has 0 fully saturated rings. The SMILES string of the molecule is Cc1ccc(OCC(=O)Nc2cc(C)[nH]c2C(=O)O)cc1. The number of benzene rings is 1. The number of aromatic nitrogens is 1. The van der Waals surface area contributed by atoms with E-state index >= 15 is 0 Å². The standard InChI is InChI=1S/C15H16N2O4/c1-9-3-5-11(6-4-9)21-8-13(18)17-12-7-10(2)16-14(12)15(19)20/h3-7,16H,8H2,1-2H3,(H,17,18)(H,19,20). The Kier molecular flexibility index (Phi) is 4.27. The van der Waals surface area contributed by atoms with Crippen LogP contribution in [0.2, 0.25) is 0 Å². The van der Waals surface area contributed by atoms with Gasteiger partial charge in [-0.2, -0.15) is 0 Å². The van der Waals surface area contributed by atoms with Crippen LogP contribution in [-0.2, 0) is 4.79 Å². The van der Waals surface area contributed by atoms with Crippen LogP contribution in [0.25, 0.3) is 0 Å². The molecule has 0 spiro atoms. The highest BCUT2D eigenvalue weighted by molar-refractivity contribution is 6.00. The summed E-state index contributed by atoms with van der Waals surface area (Å²) in [6.45, 7) is 3.48. The molecular formula is C15H16N2O4. The third kappa shape index (κ3) is 3.85. The van der Waals surface area contributed by atoms with Crippen LogP contribution >= 0.6 is 0 Å². The van der Waals surface area contributed by atoms with Crippen LogP contribution < -0.4 is 10.1 Å². The number of hydrogen-bond donors (Lipinski definition) is 3. The second-order valence-corrected chi connectivity index (χ2v) is 4.70. The maximum Gasteiger partial charge on any atom is 0.354 e. The van der Waals surface area contributed by atoms with E-state index < -0.39 is 11.9 Å². The normalized spacial score (nSPS) is 10.2. The Bertz CT molecular complexity index is 659. The maximum absolute atomic E-state index is 11.8. The molecule has 0 bridgehead atoms. The van der Waals surface area contributed by atoms with Gasteiger partial charge in [-0.15, -0.1) is 0 Å². The van der Waals surface area contributed by atoms with Crippen LogP contribution in [0.15, 0.2) is 30.3 Å². The van der Waals surface area contributed by atoms with Gasteiger partial charge in [0.05, 0.1) is 5.69 Å². The Morgan fingerprint density at radius 2 is 1.90 bits per heavy atom. The second kappa shape index (κ2) is 6.13. The number of carbonyl (C=O) groups excluding carboxylic acids is 1. The van der Waals surface area contributed by atoms with Gasteiger partial charge < -0.3 is 20.1 Å². The largest absolute Gasteiger partial charge is 0.484 e. The first-order valence-corrected chi connectivity index (χ1v) is 6.38. The van der Waals surface area contributed by atoms with E-state index in [0.717, 1.165) is 5.56 Å². The molecule has 6 nitrogen and oxygen atoms in total. The first-order chi connectivity index (χ1) is 9.95. The number of H-pyrrole nitrogens is 1. The van der Waals surface area contributed by atoms with E-state index in [1.165, 1.54) is 0 Å². The molecule has 1 aromatic heterocycles. The van der Waals surface area contributed by atoms with Crippen molar-refractivity contribution >= 4 is 17.6 Å². The van der Waals surface area contributed by atoms with Gasteiger partial charge in [0, 0.05) is 5.69 Å². The molecule has 2 aromatic rings. The monoisotopic (exact) mass is 288 g/mol. The Morgan fingerprint density at radius 1 is 1.24 bits per heavy atom. The molecule has 0 aliphatic carbocycles. The molecule has 21 heavy (non-hydrogen) atoms. The minimum absolute atomic E-state index is 0.0452. The van der Waals surface area contributed by atoms with Crippen molar-refractivity contribution < 1.29 is 19.4 Å². The molecule has 1 heterocycles. The average Bonchev–Trinajstić information content (AvgIpc) is 2.79. The Morgan fingerprint density at radius 3 is 2.52 bits per heavy atom. The van der Waals surface area contributed by atoms with Crippen molar-refractivity contribution in [3.8, 4) is 5.75 Å². The summed E-state index contributed by atoms with van der Waals surface area (Å²) in [5.74, 6) is -0.964. The number of aromatic carboxylic acids is 1. The minimum atomic E-state index is -1.13. The predicted octanol–water partition coefficient (Wildman–Crippen LogP) is 2.35. The molecule has 6 heteroatoms. The number of aromatic amines is 1. The van der Waals surface area contributed by atoms with E-state index in [1.54, 1.807) is 25.1 Å². The molecule has 0 saturated heterocycles. The fraction of sp³-hybridized carbons (Fsp3) is 0.200. The summed E-state index contributed by atoms with van der Waals surface area (Å²) in [7, 11) is 0. The number of aryl methyl sites for hydroxylation is 2. The topological polar surface area (TPSA) is 91.4 Å². The van der Waals surface area contributed by atoms with Crippen molar-refractivity contribution in [2.45, 2.75) is 13.8 Å². The highest BCUT2D eigenvalue weighted by Crippen LogP contribution is 2.17. The number of carboxylic acid groups (broad SMARTS) is 1. The number of rotatable bonds is 5. The third-order valence-electron chi connectivity index (χ3n) is 2.83. The molecule has 3 N–H and O–H groups in total. The van der Waals surface area contributed by atoms with Gasteiger partial charge in [-0.25, -0.2) is 4.79 Å². The number of anilines is 1. The van der Waals surface area contributed by atoms with Crippen molar-refractivity contribution in [3.05, 3.63) is 47.3 Å². The predicted molar refractivity (Wildman–Crippen MR) is 77.8 cm³/mol. The summed E-state index contributed by atoms with van der Waals surface area (Å²) < 4.78 is 5.33. The number of nitrogens with one attached hydrogen (secondary N) is 2. The Labute approximate surface area is 121 Å². The second-order valence-electron chi connectivity index (χ2n) is 4.70. The molecule has 0 unspecified atom stereocenters. The molecule has 0 radical (unpaired) electrons. The van der Waals surface area contributed by atoms with E-state index in [0.29, 0.717) is 11.4 Å². The molecule has 2 rings (SSSR count). The molecule has 1 amide bonds. The van der Waals surface area contributed by atoms with Gasteiger partial charge in [0.15, 0.2) is 6.61 Å². The lowest BCUT2D eigenvalue weighted by atomic mass is 10.2. The highest BCUT2D eigenvalue weighted by atomic mass is 16.5. The molecule has 0 atom stereocenters. The Hall–Kier alpha value is -2.76. The summed E-state index contributed by atoms with van der Waals surface area (Å²) in [4.78, 5) is 25.5. The Balaban J connectivity index is 1.96. The van der Waals surface area contributed by atoms with E-state index in [4.69, 9.17) is 9.84 Å². The molecule has 0 aliphatic rings. The number of amides is 1. The molecule has 0 saturated carbocycles. The van der Waals surface area contributed by atoms with E-state index in [-0.39, 0.29) is 18.0 Å². The van der Waals surface area contributed by atoms with Crippen molar-refractivity contribution in [2.75, 3.05) is 11.9 Å². The smallest absolute Gasteiger partial charge is 0.354 e. The van der Waals surface area contributed by atoms with Crippen molar-refractivity contribution in [1.82, 2.24) is 4.98 Å². The van der Waals surface area contributed by atoms with Crippen LogP contribution in [0.3, 0.4) is 0 Å². The summed E-state index contributed by atoms with van der Waals surface area (Å²) in [5, 5.41) is 11.5. The zero-order chi connectivity index (χ0) is 15.4. The van der Waals surface area contributed by atoms with Gasteiger partial charge in [0.2, 0.25) is 0 Å². The van der Waals surface area contributed by atoms with Crippen LogP contribution in [0.4, 0.5) is 5.69 Å². The molecular weight excluding hydrogens is 272 g/mol. The van der Waals surface area contributed by atoms with Gasteiger partial charge >= 0.3 is 5.97 Å². The first kappa shape index (κ1) is 14.6. The van der Waals surface area contributed by atoms with E-state index in [2.05, 4.69) is 10.3 Å². The van der Waals surface area contributed by atoms with Crippen molar-refractivity contribution in [1.29, 1.82) is 0 Å². The molecule has 110 valence electrons. The van der Waals surface area contributed by atoms with Crippen LogP contribution in [-0.4, -0.2) is 28.6 Å². The average molecular weight is 288 g/mol. The number of hydrogen-bond acceptors (Lipinski definition) is 3. The lowest BCUT2D eigenvalue weighted by Gasteiger charge is -2.07. The van der Waals surface area contributed by atoms with E-state index in [9.17, 15) is 9.59 Å². The lowest BCUT2D eigenvalue weighted by Crippen LogP contribution is -2.21. The minimum Gasteiger partial charge on any atom is -0.484 e. The van der Waals surface area contributed by atoms with Crippen molar-refractivity contribution in [3.63, 3.8) is 0 Å². The van der Waals surface area contributed by atoms with E-state index in [1.807, 2.05) is 19.1 Å². The summed E-state index contributed by atoms with van der Waals surface area (Å²) >= 11 is 0. The van der Waals surface area contributed by atoms with Gasteiger partial charge in [0.25, 0.3) is 5.91 Å². The van der Waals surface area contributed by atoms with Gasteiger partial charge in [0.1, 0.15) is 11.4 Å². The van der Waals surface area contributed by atoms with Crippen LogP contribution in [0.5, 0.6) is 5.75 Å². The van der Waals surface area contributed by atoms with Gasteiger partial charge in [-0.05, 0) is 32.0 Å². The van der Waals surface area contributed by atoms with Crippen LogP contribution in [0.1, 0.15) is 21.7 Å². The number of carboxylic acids is 1. The summed E-state index contributed by atoms with van der Waals surface area (Å²) in [6, 6.07) is 8.86. The van der Waals surface area contributed by atoms with Crippen LogP contribution in [0, 0.1) is 13.8 Å². The van der Waals surface area contributed by atoms with Crippen molar-refractivity contribution in [2.24, 2.45) is 0 Å². The zero-order valence-corrected chi connectivity index (χ0v) is 11.8. The number of ether oxygens (including phenoxy) is 1. The summed E-state index contributed by atoms with van der Waals surface area (Å²) in [5.41, 5.74) is 1.94. The maximum atomic E-state index is 11.8. The lowest BCUT2D eigenvalue weighted by molar-refractivity contribution is -0.118. The summed E-state index contributed by atoms with van der Waals surface area (Å²) in [6.07, 6.45) is 0. The zero-order valence-electron chi connectivity index (χ0n) is 11.8. The third-order valence-corrected chi connectivity index (χ3v) is 2.83. The van der Waals surface area contributed by atoms with Gasteiger partial charge in [-0.3, -0.25) is 4.79 Å². The highest BCUT2D eigenvalue weighted by Gasteiger charge is 2.15. The molecule has 0 aliphatic heterocycles. The fourth-order valence-corrected chi connectivity index (χ4v) is 1.83. The van der Waals surface area contributed by atoms with Gasteiger partial charge in [-0.1, -0.05) is 17.7 Å². The first-order valence-electron chi connectivity index (χ1n) is 6.38. The quantitative estimate of drug-likeness (QED) is 0.787. The number of carbonyl (C=O) groups is 2. The fourth-order valence-electron chi connectivity index (χ4n) is 1.83. The molecule has 1 aromatic carbocycles.